The number of carbonyl (C=O) groups is 1. The minimum atomic E-state index is -1.75. The molecule has 0 heterocycles. The molecule has 8 heteroatoms. The Labute approximate surface area is 107 Å². The third-order valence-electron chi connectivity index (χ3n) is 0. The summed E-state index contributed by atoms with van der Waals surface area (Å²) in [6, 6.07) is 0. The maximum atomic E-state index is 8.89. The average molecular weight is 299 g/mol. The molecule has 0 aromatic heterocycles. The Kier molecular flexibility index (Phi) is 36.9. The van der Waals surface area contributed by atoms with E-state index in [1.807, 2.05) is 0 Å². The molecule has 0 radical (unpaired) electrons. The van der Waals surface area contributed by atoms with Gasteiger partial charge in [0.25, 0.3) is 0 Å². The van der Waals surface area contributed by atoms with Crippen LogP contribution in [0.4, 0.5) is 0 Å². The Morgan fingerprint density at radius 1 is 1.30 bits per heavy atom. The molecule has 0 aliphatic heterocycles. The van der Waals surface area contributed by atoms with Crippen molar-refractivity contribution in [3.05, 3.63) is 15.3 Å². The van der Waals surface area contributed by atoms with Crippen LogP contribution < -0.4 is 5.11 Å². The summed E-state index contributed by atoms with van der Waals surface area (Å²) in [6.45, 7) is 0.972. The van der Waals surface area contributed by atoms with Crippen LogP contribution in [0.3, 0.4) is 0 Å². The zero-order valence-electron chi connectivity index (χ0n) is 5.14. The Balaban J connectivity index is -0.0000000300. The van der Waals surface area contributed by atoms with Gasteiger partial charge in [0.05, 0.1) is 5.09 Å². The summed E-state index contributed by atoms with van der Waals surface area (Å²) in [4.78, 5) is 17.1. The molecule has 0 aliphatic rings. The van der Waals surface area contributed by atoms with Crippen LogP contribution >= 0.6 is 0 Å². The molecule has 0 N–H and O–H groups in total. The van der Waals surface area contributed by atoms with Gasteiger partial charge in [-0.2, -0.15) is 0 Å². The summed E-state index contributed by atoms with van der Waals surface area (Å²) in [5, 5.41) is 23.6. The zero-order chi connectivity index (χ0) is 7.15. The van der Waals surface area contributed by atoms with Crippen molar-refractivity contribution in [1.29, 1.82) is 0 Å². The second kappa shape index (κ2) is 16.5. The molecule has 0 fully saturated rings. The van der Waals surface area contributed by atoms with E-state index in [2.05, 4.69) is 0 Å². The number of carboxylic acid groups (broad SMARTS) is 1. The average Bonchev–Trinajstić information content (AvgIpc) is 1.25. The van der Waals surface area contributed by atoms with Crippen LogP contribution in [0, 0.1) is 15.3 Å². The first kappa shape index (κ1) is 22.4. The number of carboxylic acids is 1. The predicted octanol–water partition coefficient (Wildman–Crippen LogP) is -1.49. The van der Waals surface area contributed by atoms with Crippen molar-refractivity contribution in [1.82, 2.24) is 0 Å². The molecule has 0 rings (SSSR count). The second-order valence-corrected chi connectivity index (χ2v) is 0.715. The van der Waals surface area contributed by atoms with Crippen LogP contribution in [-0.4, -0.2) is 11.1 Å². The SMILES string of the molecule is CC(=O)[O-].O=[N+]([O-])[O-].[Y+3].[Y+3]. The number of carbonyl (C=O) groups excluding carboxylic acids is 1. The van der Waals surface area contributed by atoms with Gasteiger partial charge >= 0.3 is 65.4 Å². The summed E-state index contributed by atoms with van der Waals surface area (Å²) < 4.78 is 0. The topological polar surface area (TPSA) is 106 Å². The Morgan fingerprint density at radius 2 is 1.30 bits per heavy atom. The van der Waals surface area contributed by atoms with Crippen LogP contribution in [0.5, 0.6) is 0 Å². The molecule has 6 nitrogen and oxygen atoms in total. The van der Waals surface area contributed by atoms with Gasteiger partial charge in [0, 0.05) is 5.97 Å². The second-order valence-electron chi connectivity index (χ2n) is 0.715. The molecule has 0 spiro atoms. The number of aliphatic carboxylic acids is 1. The first-order chi connectivity index (χ1) is 3.46. The van der Waals surface area contributed by atoms with Gasteiger partial charge < -0.3 is 25.2 Å². The standard InChI is InChI=1S/C2H4O2.NO3.2Y/c1-2(3)4;2-1(3)4;;/h1H3,(H,3,4);;;/q;-1;2*+3/p-1. The van der Waals surface area contributed by atoms with E-state index in [0.29, 0.717) is 0 Å². The van der Waals surface area contributed by atoms with Crippen LogP contribution in [0.15, 0.2) is 0 Å². The van der Waals surface area contributed by atoms with E-state index in [1.165, 1.54) is 0 Å². The van der Waals surface area contributed by atoms with E-state index in [9.17, 15) is 0 Å². The van der Waals surface area contributed by atoms with E-state index < -0.39 is 11.1 Å². The van der Waals surface area contributed by atoms with Crippen LogP contribution in [-0.2, 0) is 70.2 Å². The van der Waals surface area contributed by atoms with Gasteiger partial charge in [0.15, 0.2) is 0 Å². The molecule has 0 aromatic carbocycles. The fourth-order valence-electron chi connectivity index (χ4n) is 0. The molecule has 48 valence electrons. The van der Waals surface area contributed by atoms with Gasteiger partial charge in [-0.1, -0.05) is 0 Å². The first-order valence-electron chi connectivity index (χ1n) is 1.46. The minimum absolute atomic E-state index is 0. The Morgan fingerprint density at radius 3 is 1.30 bits per heavy atom. The van der Waals surface area contributed by atoms with Gasteiger partial charge in [-0.15, -0.1) is 0 Å². The number of hydrogen-bond acceptors (Lipinski definition) is 5. The molecule has 0 aromatic rings. The third kappa shape index (κ3) is 715. The molecule has 0 saturated carbocycles. The van der Waals surface area contributed by atoms with Gasteiger partial charge in [0.2, 0.25) is 0 Å². The molecule has 0 bridgehead atoms. The third-order valence-corrected chi connectivity index (χ3v) is 0. The minimum Gasteiger partial charge on any atom is -0.550 e. The number of rotatable bonds is 0. The summed E-state index contributed by atoms with van der Waals surface area (Å²) in [5.74, 6) is -1.08. The predicted molar refractivity (Wildman–Crippen MR) is 21.0 cm³/mol. The fraction of sp³-hybridized carbons (Fsp3) is 0.500. The number of nitrogens with zero attached hydrogens (tertiary/aromatic N) is 1. The van der Waals surface area contributed by atoms with E-state index in [1.54, 1.807) is 0 Å². The van der Waals surface area contributed by atoms with Crippen LogP contribution in [0.2, 0.25) is 0 Å². The fourth-order valence-corrected chi connectivity index (χ4v) is 0. The van der Waals surface area contributed by atoms with Crippen molar-refractivity contribution in [3.63, 3.8) is 0 Å². The smallest absolute Gasteiger partial charge is 0.550 e. The quantitative estimate of drug-likeness (QED) is 0.400. The van der Waals surface area contributed by atoms with Crippen molar-refractivity contribution >= 4 is 5.97 Å². The normalized spacial score (nSPS) is 4.90. The molecular weight excluding hydrogens is 296 g/mol. The molecule has 0 atom stereocenters. The molecule has 0 aliphatic carbocycles. The summed E-state index contributed by atoms with van der Waals surface area (Å²) in [6.07, 6.45) is 0. The van der Waals surface area contributed by atoms with E-state index >= 15 is 0 Å². The van der Waals surface area contributed by atoms with Crippen molar-refractivity contribution < 1.29 is 80.4 Å². The van der Waals surface area contributed by atoms with Crippen molar-refractivity contribution in [3.8, 4) is 0 Å². The van der Waals surface area contributed by atoms with Gasteiger partial charge in [-0.3, -0.25) is 0 Å². The maximum absolute atomic E-state index is 8.89. The monoisotopic (exact) mass is 299 g/mol. The van der Waals surface area contributed by atoms with E-state index in [0.717, 1.165) is 6.92 Å². The van der Waals surface area contributed by atoms with Crippen LogP contribution in [0.1, 0.15) is 6.92 Å². The van der Waals surface area contributed by atoms with Crippen molar-refractivity contribution in [2.45, 2.75) is 6.92 Å². The zero-order valence-corrected chi connectivity index (χ0v) is 10.8. The van der Waals surface area contributed by atoms with Gasteiger partial charge in [0.1, 0.15) is 0 Å². The van der Waals surface area contributed by atoms with E-state index in [-0.39, 0.29) is 65.4 Å². The summed E-state index contributed by atoms with van der Waals surface area (Å²) in [7, 11) is 0. The first-order valence-corrected chi connectivity index (χ1v) is 1.46. The number of hydrogen-bond donors (Lipinski definition) is 0. The molecule has 0 amide bonds. The Bertz CT molecular complexity index is 75.6. The van der Waals surface area contributed by atoms with Gasteiger partial charge in [-0.25, -0.2) is 0 Å². The molecule has 0 saturated heterocycles. The maximum Gasteiger partial charge on any atom is 3.00 e. The largest absolute Gasteiger partial charge is 3.00 e. The molecule has 10 heavy (non-hydrogen) atoms. The van der Waals surface area contributed by atoms with Crippen molar-refractivity contribution in [2.75, 3.05) is 0 Å². The summed E-state index contributed by atoms with van der Waals surface area (Å²) in [5.41, 5.74) is 0. The van der Waals surface area contributed by atoms with Crippen molar-refractivity contribution in [2.24, 2.45) is 0 Å². The molecular formula is C2H3NO5Y2+4. The Hall–Kier alpha value is 0.878. The summed E-state index contributed by atoms with van der Waals surface area (Å²) >= 11 is 0. The molecule has 0 unspecified atom stereocenters. The van der Waals surface area contributed by atoms with Crippen LogP contribution in [0.25, 0.3) is 0 Å². The van der Waals surface area contributed by atoms with E-state index in [4.69, 9.17) is 25.2 Å². The van der Waals surface area contributed by atoms with Gasteiger partial charge in [-0.05, 0) is 6.92 Å².